The highest BCUT2D eigenvalue weighted by Crippen LogP contribution is 1.93. The minimum Gasteiger partial charge on any atom is -0.548 e. The lowest BCUT2D eigenvalue weighted by molar-refractivity contribution is -0.308. The number of hydrogen-bond acceptors (Lipinski definition) is 4. The summed E-state index contributed by atoms with van der Waals surface area (Å²) in [7, 11) is 0. The molecular formula is C4H4NO3-. The van der Waals surface area contributed by atoms with E-state index in [9.17, 15) is 14.7 Å². The van der Waals surface area contributed by atoms with Crippen molar-refractivity contribution in [3.05, 3.63) is 0 Å². The number of Topliss-reactive ketones (excluding diaryl/α,β-unsaturated/α-hetero) is 1. The van der Waals surface area contributed by atoms with E-state index in [0.717, 1.165) is 0 Å². The van der Waals surface area contributed by atoms with Gasteiger partial charge in [-0.3, -0.25) is 10.1 Å². The van der Waals surface area contributed by atoms with Crippen LogP contribution in [0.25, 0.3) is 0 Å². The summed E-state index contributed by atoms with van der Waals surface area (Å²) >= 11 is 0. The number of aliphatic carboxylic acids is 1. The van der Waals surface area contributed by atoms with Crippen molar-refractivity contribution in [2.75, 3.05) is 6.54 Å². The maximum Gasteiger partial charge on any atom is 0.169 e. The topological polar surface area (TPSA) is 69.2 Å². The van der Waals surface area contributed by atoms with Crippen LogP contribution in [-0.4, -0.2) is 24.3 Å². The van der Waals surface area contributed by atoms with Gasteiger partial charge in [0.05, 0.1) is 12.5 Å². The lowest BCUT2D eigenvalue weighted by atomic mass is 10.1. The van der Waals surface area contributed by atoms with Crippen LogP contribution in [0.2, 0.25) is 0 Å². The molecule has 4 nitrogen and oxygen atoms in total. The molecule has 0 aromatic rings. The molecule has 1 unspecified atom stereocenters. The molecule has 0 aliphatic carbocycles. The molecule has 1 aliphatic rings. The lowest BCUT2D eigenvalue weighted by Gasteiger charge is -2.26. The minimum absolute atomic E-state index is 0.165. The van der Waals surface area contributed by atoms with Crippen molar-refractivity contribution < 1.29 is 14.7 Å². The molecule has 0 bridgehead atoms. The zero-order chi connectivity index (χ0) is 6.15. The third-order valence-corrected chi connectivity index (χ3v) is 1.04. The van der Waals surface area contributed by atoms with Gasteiger partial charge in [-0.1, -0.05) is 0 Å². The van der Waals surface area contributed by atoms with Gasteiger partial charge in [-0.2, -0.15) is 0 Å². The molecule has 8 heavy (non-hydrogen) atoms. The Labute approximate surface area is 45.5 Å². The first-order valence-electron chi connectivity index (χ1n) is 2.19. The lowest BCUT2D eigenvalue weighted by Crippen LogP contribution is -2.62. The fourth-order valence-electron chi connectivity index (χ4n) is 0.502. The van der Waals surface area contributed by atoms with Gasteiger partial charge < -0.3 is 9.90 Å². The predicted octanol–water partition coefficient (Wildman–Crippen LogP) is -2.72. The summed E-state index contributed by atoms with van der Waals surface area (Å²) in [5.41, 5.74) is 0. The second-order valence-electron chi connectivity index (χ2n) is 1.60. The molecule has 1 atom stereocenters. The number of nitrogens with one attached hydrogen (secondary N) is 1. The average molecular weight is 114 g/mol. The summed E-state index contributed by atoms with van der Waals surface area (Å²) in [6, 6.07) is -1.03. The van der Waals surface area contributed by atoms with Crippen LogP contribution in [0.15, 0.2) is 0 Å². The van der Waals surface area contributed by atoms with Crippen molar-refractivity contribution in [1.82, 2.24) is 5.32 Å². The van der Waals surface area contributed by atoms with E-state index in [1.54, 1.807) is 0 Å². The van der Waals surface area contributed by atoms with Crippen LogP contribution in [0.5, 0.6) is 0 Å². The summed E-state index contributed by atoms with van der Waals surface area (Å²) in [5.74, 6) is -1.63. The molecule has 1 heterocycles. The number of carbonyl (C=O) groups excluding carboxylic acids is 2. The SMILES string of the molecule is O=C([O-])C1NCC1=O. The monoisotopic (exact) mass is 114 g/mol. The van der Waals surface area contributed by atoms with Crippen molar-refractivity contribution in [3.8, 4) is 0 Å². The minimum atomic E-state index is -1.33. The smallest absolute Gasteiger partial charge is 0.169 e. The van der Waals surface area contributed by atoms with Crippen LogP contribution in [0.4, 0.5) is 0 Å². The molecule has 0 aromatic carbocycles. The van der Waals surface area contributed by atoms with E-state index >= 15 is 0 Å². The molecule has 1 saturated heterocycles. The van der Waals surface area contributed by atoms with Gasteiger partial charge in [0.15, 0.2) is 5.78 Å². The molecule has 0 saturated carbocycles. The van der Waals surface area contributed by atoms with Gasteiger partial charge in [-0.15, -0.1) is 0 Å². The number of rotatable bonds is 1. The van der Waals surface area contributed by atoms with Gasteiger partial charge in [0.1, 0.15) is 6.04 Å². The van der Waals surface area contributed by atoms with Crippen molar-refractivity contribution in [3.63, 3.8) is 0 Å². The van der Waals surface area contributed by atoms with Gasteiger partial charge in [-0.25, -0.2) is 0 Å². The highest BCUT2D eigenvalue weighted by molar-refractivity contribution is 6.07. The fraction of sp³-hybridized carbons (Fsp3) is 0.500. The first kappa shape index (κ1) is 5.24. The molecule has 0 aromatic heterocycles. The molecule has 0 radical (unpaired) electrons. The molecule has 1 rings (SSSR count). The number of ketones is 1. The fourth-order valence-corrected chi connectivity index (χ4v) is 0.502. The molecule has 1 aliphatic heterocycles. The van der Waals surface area contributed by atoms with E-state index in [1.807, 2.05) is 0 Å². The Bertz CT molecular complexity index is 134. The summed E-state index contributed by atoms with van der Waals surface area (Å²) in [4.78, 5) is 20.0. The molecule has 1 N–H and O–H groups in total. The van der Waals surface area contributed by atoms with Crippen LogP contribution < -0.4 is 10.4 Å². The highest BCUT2D eigenvalue weighted by atomic mass is 16.4. The van der Waals surface area contributed by atoms with Gasteiger partial charge in [0, 0.05) is 0 Å². The Morgan fingerprint density at radius 2 is 2.50 bits per heavy atom. The predicted molar refractivity (Wildman–Crippen MR) is 21.8 cm³/mol. The number of carboxylic acid groups (broad SMARTS) is 1. The van der Waals surface area contributed by atoms with Crippen molar-refractivity contribution in [1.29, 1.82) is 0 Å². The standard InChI is InChI=1S/C4H5NO3/c6-2-1-5-3(2)4(7)8/h3,5H,1H2,(H,7,8)/p-1. The molecule has 0 spiro atoms. The van der Waals surface area contributed by atoms with Gasteiger partial charge in [0.25, 0.3) is 0 Å². The number of carbonyl (C=O) groups is 2. The second-order valence-corrected chi connectivity index (χ2v) is 1.60. The van der Waals surface area contributed by atoms with Crippen molar-refractivity contribution in [2.24, 2.45) is 0 Å². The normalized spacial score (nSPS) is 27.0. The summed E-state index contributed by atoms with van der Waals surface area (Å²) in [5, 5.41) is 12.2. The quantitative estimate of drug-likeness (QED) is 0.376. The molecule has 44 valence electrons. The summed E-state index contributed by atoms with van der Waals surface area (Å²) in [6.45, 7) is 0.165. The zero-order valence-electron chi connectivity index (χ0n) is 4.01. The summed E-state index contributed by atoms with van der Waals surface area (Å²) < 4.78 is 0. The third-order valence-electron chi connectivity index (χ3n) is 1.04. The van der Waals surface area contributed by atoms with Crippen LogP contribution >= 0.6 is 0 Å². The van der Waals surface area contributed by atoms with Crippen LogP contribution in [0, 0.1) is 0 Å². The average Bonchev–Trinajstić information content (AvgIpc) is 1.61. The first-order valence-corrected chi connectivity index (χ1v) is 2.19. The van der Waals surface area contributed by atoms with Crippen molar-refractivity contribution >= 4 is 11.8 Å². The van der Waals surface area contributed by atoms with E-state index in [1.165, 1.54) is 0 Å². The van der Waals surface area contributed by atoms with E-state index in [4.69, 9.17) is 0 Å². The van der Waals surface area contributed by atoms with Crippen molar-refractivity contribution in [2.45, 2.75) is 6.04 Å². The maximum absolute atomic E-state index is 10.2. The molecule has 0 amide bonds. The Hall–Kier alpha value is -0.900. The van der Waals surface area contributed by atoms with Crippen LogP contribution in [-0.2, 0) is 9.59 Å². The van der Waals surface area contributed by atoms with Gasteiger partial charge >= 0.3 is 0 Å². The highest BCUT2D eigenvalue weighted by Gasteiger charge is 2.27. The van der Waals surface area contributed by atoms with Crippen LogP contribution in [0.3, 0.4) is 0 Å². The molecular weight excluding hydrogens is 110 g/mol. The first-order chi connectivity index (χ1) is 3.72. The Kier molecular flexibility index (Phi) is 1.02. The van der Waals surface area contributed by atoms with E-state index in [0.29, 0.717) is 0 Å². The zero-order valence-corrected chi connectivity index (χ0v) is 4.01. The van der Waals surface area contributed by atoms with Crippen LogP contribution in [0.1, 0.15) is 0 Å². The van der Waals surface area contributed by atoms with Gasteiger partial charge in [0.2, 0.25) is 0 Å². The van der Waals surface area contributed by atoms with E-state index < -0.39 is 12.0 Å². The van der Waals surface area contributed by atoms with E-state index in [2.05, 4.69) is 5.32 Å². The molecule has 1 fully saturated rings. The van der Waals surface area contributed by atoms with Gasteiger partial charge in [-0.05, 0) is 0 Å². The maximum atomic E-state index is 10.2. The molecule has 4 heteroatoms. The Balaban J connectivity index is 2.49. The largest absolute Gasteiger partial charge is 0.548 e. The Morgan fingerprint density at radius 3 is 2.50 bits per heavy atom. The van der Waals surface area contributed by atoms with E-state index in [-0.39, 0.29) is 12.3 Å². The Morgan fingerprint density at radius 1 is 1.88 bits per heavy atom. The second kappa shape index (κ2) is 1.56. The number of carboxylic acids is 1. The number of hydrogen-bond donors (Lipinski definition) is 1. The summed E-state index contributed by atoms with van der Waals surface area (Å²) in [6.07, 6.45) is 0. The third kappa shape index (κ3) is 0.586.